The first-order valence-corrected chi connectivity index (χ1v) is 9.22. The second-order valence-corrected chi connectivity index (χ2v) is 9.53. The van der Waals surface area contributed by atoms with Gasteiger partial charge in [0.1, 0.15) is 4.58 Å². The fourth-order valence-corrected chi connectivity index (χ4v) is 9.14. The van der Waals surface area contributed by atoms with Crippen molar-refractivity contribution in [3.8, 4) is 0 Å². The third kappa shape index (κ3) is 2.06. The molecule has 0 bridgehead atoms. The molecule has 1 spiro atoms. The van der Waals surface area contributed by atoms with Gasteiger partial charge in [-0.2, -0.15) is 0 Å². The van der Waals surface area contributed by atoms with Gasteiger partial charge in [-0.1, -0.05) is 34.4 Å². The number of ether oxygens (including phenoxy) is 1. The molecule has 1 saturated heterocycles. The van der Waals surface area contributed by atoms with Gasteiger partial charge in [0, 0.05) is 13.4 Å². The zero-order valence-corrected chi connectivity index (χ0v) is 11.4. The molecule has 1 saturated carbocycles. The smallest absolute Gasteiger partial charge is 0.163 e. The summed E-state index contributed by atoms with van der Waals surface area (Å²) < 4.78 is 28.4. The van der Waals surface area contributed by atoms with Crippen molar-refractivity contribution in [2.24, 2.45) is 0 Å². The van der Waals surface area contributed by atoms with Crippen LogP contribution >= 0.6 is 21.6 Å². The number of rotatable bonds is 2. The largest absolute Gasteiger partial charge is 0.378 e. The van der Waals surface area contributed by atoms with Gasteiger partial charge in [0.15, 0.2) is 9.84 Å². The predicted octanol–water partition coefficient (Wildman–Crippen LogP) is 2.08. The topological polar surface area (TPSA) is 43.4 Å². The summed E-state index contributed by atoms with van der Waals surface area (Å²) in [5, 5.41) is 0. The van der Waals surface area contributed by atoms with E-state index in [1.165, 1.54) is 29.9 Å². The lowest BCUT2D eigenvalue weighted by atomic mass is 10.0. The summed E-state index contributed by atoms with van der Waals surface area (Å²) in [6.07, 6.45) is 5.76. The van der Waals surface area contributed by atoms with Crippen LogP contribution in [-0.4, -0.2) is 37.2 Å². The molecule has 2 fully saturated rings. The molecule has 0 aromatic heterocycles. The van der Waals surface area contributed by atoms with Gasteiger partial charge >= 0.3 is 0 Å². The van der Waals surface area contributed by atoms with Crippen LogP contribution in [-0.2, 0) is 14.6 Å². The molecule has 1 aliphatic heterocycles. The van der Waals surface area contributed by atoms with Gasteiger partial charge in [-0.25, -0.2) is 8.42 Å². The Morgan fingerprint density at radius 3 is 2.40 bits per heavy atom. The Kier molecular flexibility index (Phi) is 3.32. The Labute approximate surface area is 99.0 Å². The van der Waals surface area contributed by atoms with Crippen LogP contribution in [0.4, 0.5) is 0 Å². The van der Waals surface area contributed by atoms with Gasteiger partial charge in [0.05, 0.1) is 10.9 Å². The zero-order valence-electron chi connectivity index (χ0n) is 8.93. The molecule has 6 heteroatoms. The van der Waals surface area contributed by atoms with Crippen molar-refractivity contribution in [1.82, 2.24) is 0 Å². The number of methoxy groups -OCH3 is 1. The predicted molar refractivity (Wildman–Crippen MR) is 65.8 cm³/mol. The van der Waals surface area contributed by atoms with E-state index in [4.69, 9.17) is 4.74 Å². The molecule has 1 heterocycles. The van der Waals surface area contributed by atoms with Crippen LogP contribution < -0.4 is 0 Å². The van der Waals surface area contributed by atoms with E-state index in [1.807, 2.05) is 0 Å². The highest BCUT2D eigenvalue weighted by atomic mass is 33.1. The monoisotopic (exact) mass is 268 g/mol. The number of sulfone groups is 1. The van der Waals surface area contributed by atoms with Gasteiger partial charge in [0.2, 0.25) is 0 Å². The third-order valence-electron chi connectivity index (χ3n) is 3.20. The van der Waals surface area contributed by atoms with Crippen LogP contribution in [0.15, 0.2) is 0 Å². The van der Waals surface area contributed by atoms with Crippen LogP contribution in [0.25, 0.3) is 0 Å². The quantitative estimate of drug-likeness (QED) is 0.717. The maximum Gasteiger partial charge on any atom is 0.163 e. The summed E-state index contributed by atoms with van der Waals surface area (Å²) >= 11 is 0. The molecule has 2 atom stereocenters. The molecule has 3 nitrogen and oxygen atoms in total. The van der Waals surface area contributed by atoms with E-state index in [0.717, 1.165) is 12.8 Å². The van der Waals surface area contributed by atoms with Crippen molar-refractivity contribution in [1.29, 1.82) is 0 Å². The fourth-order valence-electron chi connectivity index (χ4n) is 2.45. The maximum absolute atomic E-state index is 11.6. The minimum Gasteiger partial charge on any atom is -0.378 e. The van der Waals surface area contributed by atoms with E-state index < -0.39 is 9.84 Å². The minimum absolute atomic E-state index is 0.0627. The number of hydrogen-bond donors (Lipinski definition) is 0. The summed E-state index contributed by atoms with van der Waals surface area (Å²) in [4.78, 5) is 0. The van der Waals surface area contributed by atoms with Gasteiger partial charge in [-0.15, -0.1) is 0 Å². The Morgan fingerprint density at radius 1 is 1.33 bits per heavy atom. The molecule has 2 rings (SSSR count). The van der Waals surface area contributed by atoms with Crippen LogP contribution in [0.2, 0.25) is 0 Å². The van der Waals surface area contributed by atoms with E-state index in [1.54, 1.807) is 17.9 Å². The molecule has 0 N–H and O–H groups in total. The van der Waals surface area contributed by atoms with Gasteiger partial charge in [0.25, 0.3) is 0 Å². The second kappa shape index (κ2) is 4.13. The zero-order chi connectivity index (χ0) is 11.1. The van der Waals surface area contributed by atoms with E-state index in [9.17, 15) is 8.42 Å². The Balaban J connectivity index is 2.26. The van der Waals surface area contributed by atoms with Crippen molar-refractivity contribution in [2.75, 3.05) is 13.4 Å². The molecule has 1 aliphatic carbocycles. The Morgan fingerprint density at radius 2 is 1.93 bits per heavy atom. The second-order valence-electron chi connectivity index (χ2n) is 4.31. The summed E-state index contributed by atoms with van der Waals surface area (Å²) in [6, 6.07) is 0. The molecule has 2 unspecified atom stereocenters. The molecule has 88 valence electrons. The standard InChI is InChI=1S/C9H16O3S3/c1-12-7-8(15(2,10)11)13-14-9(7)5-3-4-6-9/h7-8H,3-6H2,1-2H3. The molecular weight excluding hydrogens is 252 g/mol. The fraction of sp³-hybridized carbons (Fsp3) is 1.00. The summed E-state index contributed by atoms with van der Waals surface area (Å²) in [7, 11) is 1.84. The van der Waals surface area contributed by atoms with E-state index >= 15 is 0 Å². The molecule has 0 aromatic rings. The maximum atomic E-state index is 11.6. The van der Waals surface area contributed by atoms with Gasteiger partial charge < -0.3 is 4.74 Å². The molecule has 0 aromatic carbocycles. The third-order valence-corrected chi connectivity index (χ3v) is 9.41. The van der Waals surface area contributed by atoms with Crippen LogP contribution in [0.3, 0.4) is 0 Å². The Hall–Kier alpha value is 0.610. The van der Waals surface area contributed by atoms with Crippen molar-refractivity contribution in [2.45, 2.75) is 41.1 Å². The summed E-state index contributed by atoms with van der Waals surface area (Å²) in [5.41, 5.74) is 0. The Bertz CT molecular complexity index is 333. The lowest BCUT2D eigenvalue weighted by molar-refractivity contribution is 0.0836. The van der Waals surface area contributed by atoms with Crippen molar-refractivity contribution >= 4 is 31.4 Å². The van der Waals surface area contributed by atoms with E-state index in [2.05, 4.69) is 0 Å². The van der Waals surface area contributed by atoms with Gasteiger partial charge in [-0.3, -0.25) is 0 Å². The van der Waals surface area contributed by atoms with E-state index in [0.29, 0.717) is 0 Å². The van der Waals surface area contributed by atoms with Crippen LogP contribution in [0.5, 0.6) is 0 Å². The van der Waals surface area contributed by atoms with Crippen LogP contribution in [0.1, 0.15) is 25.7 Å². The molecule has 15 heavy (non-hydrogen) atoms. The first-order valence-electron chi connectivity index (χ1n) is 5.06. The number of hydrogen-bond acceptors (Lipinski definition) is 5. The lowest BCUT2D eigenvalue weighted by Crippen LogP contribution is -2.42. The molecule has 2 aliphatic rings. The summed E-state index contributed by atoms with van der Waals surface area (Å²) in [5.74, 6) is 0. The highest BCUT2D eigenvalue weighted by Gasteiger charge is 2.55. The molecular formula is C9H16O3S3. The highest BCUT2D eigenvalue weighted by Crippen LogP contribution is 2.60. The average molecular weight is 268 g/mol. The first kappa shape index (κ1) is 12.1. The first-order chi connectivity index (χ1) is 6.99. The summed E-state index contributed by atoms with van der Waals surface area (Å²) in [6.45, 7) is 0. The lowest BCUT2D eigenvalue weighted by Gasteiger charge is -2.29. The SMILES string of the molecule is COC1C(S(C)(=O)=O)SSC12CCCC2. The molecule has 0 radical (unpaired) electrons. The van der Waals surface area contributed by atoms with E-state index in [-0.39, 0.29) is 15.4 Å². The molecule has 0 amide bonds. The van der Waals surface area contributed by atoms with Crippen molar-refractivity contribution < 1.29 is 13.2 Å². The normalized spacial score (nSPS) is 35.1. The minimum atomic E-state index is -3.01. The van der Waals surface area contributed by atoms with Gasteiger partial charge in [-0.05, 0) is 12.8 Å². The highest BCUT2D eigenvalue weighted by molar-refractivity contribution is 8.79. The van der Waals surface area contributed by atoms with Crippen molar-refractivity contribution in [3.05, 3.63) is 0 Å². The van der Waals surface area contributed by atoms with Crippen molar-refractivity contribution in [3.63, 3.8) is 0 Å². The average Bonchev–Trinajstić information content (AvgIpc) is 2.73. The van der Waals surface area contributed by atoms with Crippen LogP contribution in [0, 0.1) is 0 Å².